The molecule has 0 aliphatic heterocycles. The summed E-state index contributed by atoms with van der Waals surface area (Å²) in [7, 11) is 0. The molecule has 0 bridgehead atoms. The summed E-state index contributed by atoms with van der Waals surface area (Å²) in [6.07, 6.45) is 4.01. The number of benzene rings is 1. The molecule has 1 aliphatic rings. The van der Waals surface area contributed by atoms with Gasteiger partial charge in [0.1, 0.15) is 0 Å². The van der Waals surface area contributed by atoms with Crippen molar-refractivity contribution in [2.45, 2.75) is 37.5 Å². The molecule has 0 saturated heterocycles. The molecule has 3 amide bonds. The first-order valence-corrected chi connectivity index (χ1v) is 10.1. The first-order valence-electron chi connectivity index (χ1n) is 8.21. The van der Waals surface area contributed by atoms with E-state index >= 15 is 0 Å². The zero-order chi connectivity index (χ0) is 18.9. The Morgan fingerprint density at radius 2 is 1.88 bits per heavy atom. The van der Waals surface area contributed by atoms with E-state index in [1.807, 2.05) is 6.07 Å². The van der Waals surface area contributed by atoms with Crippen molar-refractivity contribution in [1.29, 1.82) is 0 Å². The van der Waals surface area contributed by atoms with Gasteiger partial charge < -0.3 is 10.1 Å². The second kappa shape index (κ2) is 10.6. The summed E-state index contributed by atoms with van der Waals surface area (Å²) in [5.74, 6) is -0.534. The number of ether oxygens (including phenoxy) is 1. The number of thioether (sulfide) groups is 1. The Labute approximate surface area is 166 Å². The van der Waals surface area contributed by atoms with E-state index in [1.165, 1.54) is 11.8 Å². The van der Waals surface area contributed by atoms with E-state index in [-0.39, 0.29) is 11.8 Å². The van der Waals surface area contributed by atoms with Gasteiger partial charge in [-0.1, -0.05) is 42.1 Å². The highest BCUT2D eigenvalue weighted by molar-refractivity contribution is 7.99. The first-order chi connectivity index (χ1) is 12.4. The van der Waals surface area contributed by atoms with Crippen LogP contribution < -0.4 is 10.6 Å². The number of halogens is 2. The minimum absolute atomic E-state index is 0.0851. The van der Waals surface area contributed by atoms with Gasteiger partial charge in [0.05, 0.1) is 15.8 Å². The van der Waals surface area contributed by atoms with Crippen LogP contribution in [-0.2, 0) is 20.1 Å². The number of carbonyl (C=O) groups excluding carboxylic acids is 3. The summed E-state index contributed by atoms with van der Waals surface area (Å²) < 4.78 is 4.86. The maximum absolute atomic E-state index is 11.7. The quantitative estimate of drug-likeness (QED) is 0.661. The van der Waals surface area contributed by atoms with Crippen LogP contribution in [0.3, 0.4) is 0 Å². The van der Waals surface area contributed by atoms with E-state index in [4.69, 9.17) is 27.9 Å². The van der Waals surface area contributed by atoms with Gasteiger partial charge in [-0.2, -0.15) is 0 Å². The van der Waals surface area contributed by atoms with Gasteiger partial charge >= 0.3 is 12.0 Å². The van der Waals surface area contributed by atoms with E-state index in [9.17, 15) is 14.4 Å². The summed E-state index contributed by atoms with van der Waals surface area (Å²) in [5, 5.41) is 5.81. The first kappa shape index (κ1) is 20.9. The average molecular weight is 419 g/mol. The molecule has 26 heavy (non-hydrogen) atoms. The lowest BCUT2D eigenvalue weighted by molar-refractivity contribution is -0.145. The Balaban J connectivity index is 1.59. The minimum Gasteiger partial charge on any atom is -0.455 e. The molecule has 9 heteroatoms. The van der Waals surface area contributed by atoms with Crippen LogP contribution in [0.25, 0.3) is 0 Å². The number of urea groups is 1. The van der Waals surface area contributed by atoms with Crippen LogP contribution in [0.1, 0.15) is 31.2 Å². The Morgan fingerprint density at radius 3 is 2.58 bits per heavy atom. The van der Waals surface area contributed by atoms with Crippen molar-refractivity contribution in [2.24, 2.45) is 0 Å². The van der Waals surface area contributed by atoms with Crippen molar-refractivity contribution in [3.05, 3.63) is 33.8 Å². The Bertz CT molecular complexity index is 666. The minimum atomic E-state index is -0.650. The number of amides is 3. The molecule has 1 aromatic rings. The monoisotopic (exact) mass is 418 g/mol. The van der Waals surface area contributed by atoms with Crippen LogP contribution in [0, 0.1) is 0 Å². The van der Waals surface area contributed by atoms with Gasteiger partial charge in [-0.25, -0.2) is 4.79 Å². The fraction of sp³-hybridized carbons (Fsp3) is 0.471. The second-order valence-electron chi connectivity index (χ2n) is 5.90. The third-order valence-corrected chi connectivity index (χ3v) is 5.50. The Morgan fingerprint density at radius 1 is 1.15 bits per heavy atom. The lowest BCUT2D eigenvalue weighted by Crippen LogP contribution is -2.45. The molecule has 1 aromatic carbocycles. The van der Waals surface area contributed by atoms with Crippen LogP contribution in [-0.4, -0.2) is 36.3 Å². The molecule has 2 rings (SSSR count). The Hall–Kier alpha value is -1.44. The van der Waals surface area contributed by atoms with Crippen LogP contribution in [0.15, 0.2) is 18.2 Å². The van der Waals surface area contributed by atoms with Crippen molar-refractivity contribution in [3.63, 3.8) is 0 Å². The highest BCUT2D eigenvalue weighted by atomic mass is 35.5. The van der Waals surface area contributed by atoms with Crippen molar-refractivity contribution < 1.29 is 19.1 Å². The molecule has 6 nitrogen and oxygen atoms in total. The van der Waals surface area contributed by atoms with E-state index in [1.54, 1.807) is 12.1 Å². The lowest BCUT2D eigenvalue weighted by atomic mass is 10.2. The number of carbonyl (C=O) groups is 3. The predicted molar refractivity (Wildman–Crippen MR) is 103 cm³/mol. The largest absolute Gasteiger partial charge is 0.455 e. The van der Waals surface area contributed by atoms with Crippen LogP contribution in [0.5, 0.6) is 0 Å². The maximum atomic E-state index is 11.7. The summed E-state index contributed by atoms with van der Waals surface area (Å²) in [4.78, 5) is 34.9. The van der Waals surface area contributed by atoms with Crippen molar-refractivity contribution in [1.82, 2.24) is 10.6 Å². The van der Waals surface area contributed by atoms with Gasteiger partial charge in [-0.3, -0.25) is 14.9 Å². The zero-order valence-corrected chi connectivity index (χ0v) is 16.4. The molecule has 0 aromatic heterocycles. The van der Waals surface area contributed by atoms with Crippen molar-refractivity contribution >= 4 is 52.9 Å². The summed E-state index contributed by atoms with van der Waals surface area (Å²) in [6, 6.07) is 4.82. The lowest BCUT2D eigenvalue weighted by Gasteiger charge is -2.12. The Kier molecular flexibility index (Phi) is 8.54. The second-order valence-corrected chi connectivity index (χ2v) is 7.70. The highest BCUT2D eigenvalue weighted by Crippen LogP contribution is 2.24. The van der Waals surface area contributed by atoms with Gasteiger partial charge in [0.25, 0.3) is 5.91 Å². The van der Waals surface area contributed by atoms with Crippen molar-refractivity contribution in [3.8, 4) is 0 Å². The maximum Gasteiger partial charge on any atom is 0.321 e. The SMILES string of the molecule is O=C(COC(=O)CSCc1ccc(Cl)c(Cl)c1)NC(=O)NC1CCCC1. The van der Waals surface area contributed by atoms with E-state index < -0.39 is 24.5 Å². The number of hydrogen-bond acceptors (Lipinski definition) is 5. The molecule has 1 saturated carbocycles. The number of imide groups is 1. The molecule has 2 N–H and O–H groups in total. The van der Waals surface area contributed by atoms with Crippen LogP contribution >= 0.6 is 35.0 Å². The van der Waals surface area contributed by atoms with Gasteiger partial charge in [0, 0.05) is 11.8 Å². The highest BCUT2D eigenvalue weighted by Gasteiger charge is 2.18. The van der Waals surface area contributed by atoms with Gasteiger partial charge in [0.2, 0.25) is 0 Å². The molecule has 1 fully saturated rings. The molecule has 0 heterocycles. The topological polar surface area (TPSA) is 84.5 Å². The number of nitrogens with one attached hydrogen (secondary N) is 2. The number of rotatable bonds is 7. The molecule has 0 atom stereocenters. The molecule has 1 aliphatic carbocycles. The molecule has 142 valence electrons. The standard InChI is InChI=1S/C17H20Cl2N2O4S/c18-13-6-5-11(7-14(13)19)9-26-10-16(23)25-8-15(22)21-17(24)20-12-3-1-2-4-12/h5-7,12H,1-4,8-10H2,(H2,20,21,22,24). The van der Waals surface area contributed by atoms with E-state index in [0.717, 1.165) is 31.2 Å². The normalized spacial score (nSPS) is 14.1. The zero-order valence-electron chi connectivity index (χ0n) is 14.1. The van der Waals surface area contributed by atoms with Gasteiger partial charge in [-0.05, 0) is 30.5 Å². The average Bonchev–Trinajstić information content (AvgIpc) is 3.09. The van der Waals surface area contributed by atoms with E-state index in [2.05, 4.69) is 10.6 Å². The third-order valence-electron chi connectivity index (χ3n) is 3.78. The fourth-order valence-corrected chi connectivity index (χ4v) is 3.61. The fourth-order valence-electron chi connectivity index (χ4n) is 2.52. The van der Waals surface area contributed by atoms with E-state index in [0.29, 0.717) is 15.8 Å². The van der Waals surface area contributed by atoms with Crippen molar-refractivity contribution in [2.75, 3.05) is 12.4 Å². The smallest absolute Gasteiger partial charge is 0.321 e. The van der Waals surface area contributed by atoms with Gasteiger partial charge in [0.15, 0.2) is 6.61 Å². The molecule has 0 radical (unpaired) electrons. The summed E-state index contributed by atoms with van der Waals surface area (Å²) in [5.41, 5.74) is 0.929. The predicted octanol–water partition coefficient (Wildman–Crippen LogP) is 3.54. The van der Waals surface area contributed by atoms with Gasteiger partial charge in [-0.15, -0.1) is 11.8 Å². The number of esters is 1. The third kappa shape index (κ3) is 7.43. The molecular weight excluding hydrogens is 399 g/mol. The summed E-state index contributed by atoms with van der Waals surface area (Å²) >= 11 is 13.1. The summed E-state index contributed by atoms with van der Waals surface area (Å²) in [6.45, 7) is -0.482. The molecule has 0 spiro atoms. The number of hydrogen-bond donors (Lipinski definition) is 2. The molecular formula is C17H20Cl2N2O4S. The van der Waals surface area contributed by atoms with Crippen LogP contribution in [0.2, 0.25) is 10.0 Å². The molecule has 0 unspecified atom stereocenters. The van der Waals surface area contributed by atoms with Crippen LogP contribution in [0.4, 0.5) is 4.79 Å².